The van der Waals surface area contributed by atoms with Crippen molar-refractivity contribution in [2.24, 2.45) is 5.73 Å². The molecule has 13 heterocycles. The molecule has 50 nitrogen and oxygen atoms in total. The lowest BCUT2D eigenvalue weighted by Gasteiger charge is -2.32. The molecule has 0 unspecified atom stereocenters. The van der Waals surface area contributed by atoms with Gasteiger partial charge in [-0.2, -0.15) is 11.8 Å². The van der Waals surface area contributed by atoms with Crippen LogP contribution in [-0.4, -0.2) is 499 Å². The predicted molar refractivity (Wildman–Crippen MR) is 461 cm³/mol. The Labute approximate surface area is 779 Å². The fraction of sp³-hybridized carbons (Fsp3) is 0.750. The number of aliphatic hydroxyl groups is 7. The van der Waals surface area contributed by atoms with Gasteiger partial charge in [0.1, 0.15) is 85.1 Å². The van der Waals surface area contributed by atoms with Crippen LogP contribution >= 0.6 is 11.8 Å². The molecular formula is C84H123N21O29S. The smallest absolute Gasteiger partial charge is 0.322 e. The van der Waals surface area contributed by atoms with Crippen LogP contribution in [0.4, 0.5) is 0 Å². The second-order valence-corrected chi connectivity index (χ2v) is 38.0. The van der Waals surface area contributed by atoms with Crippen molar-refractivity contribution in [1.82, 2.24) is 101 Å². The Balaban J connectivity index is 0.537. The lowest BCUT2D eigenvalue weighted by molar-refractivity contribution is -0.148. The number of aliphatic hydroxyl groups excluding tert-OH is 7. The highest BCUT2D eigenvalue weighted by Crippen LogP contribution is 2.35. The average molecular weight is 1920 g/mol. The van der Waals surface area contributed by atoms with Crippen molar-refractivity contribution in [3.05, 3.63) is 0 Å². The van der Waals surface area contributed by atoms with Gasteiger partial charge in [-0.1, -0.05) is 0 Å². The Hall–Kier alpha value is -11.1. The second-order valence-electron chi connectivity index (χ2n) is 37.0. The topological polar surface area (TPSA) is 673 Å². The van der Waals surface area contributed by atoms with E-state index in [0.717, 1.165) is 29.4 Å². The largest absolute Gasteiger partial charge is 0.480 e. The van der Waals surface area contributed by atoms with Crippen LogP contribution in [0.2, 0.25) is 0 Å². The van der Waals surface area contributed by atoms with Gasteiger partial charge in [-0.3, -0.25) is 101 Å². The van der Waals surface area contributed by atoms with Crippen molar-refractivity contribution in [2.75, 3.05) is 143 Å². The van der Waals surface area contributed by atoms with E-state index in [0.29, 0.717) is 50.7 Å². The molecule has 0 bridgehead atoms. The van der Waals surface area contributed by atoms with Crippen molar-refractivity contribution in [3.8, 4) is 0 Å². The Morgan fingerprint density at radius 2 is 0.437 bits per heavy atom. The number of likely N-dealkylation sites (tertiary alicyclic amines) is 13. The fourth-order valence-corrected chi connectivity index (χ4v) is 21.9. The maximum atomic E-state index is 14.5. The molecule has 0 aromatic heterocycles. The summed E-state index contributed by atoms with van der Waals surface area (Å²) in [5.41, 5.74) is 6.10. The fourth-order valence-electron chi connectivity index (χ4n) is 21.4. The first-order chi connectivity index (χ1) is 64.3. The number of amides is 20. The highest BCUT2D eigenvalue weighted by atomic mass is 32.2. The molecule has 744 valence electrons. The van der Waals surface area contributed by atoms with Gasteiger partial charge >= 0.3 is 5.97 Å². The van der Waals surface area contributed by atoms with E-state index in [1.54, 1.807) is 0 Å². The second kappa shape index (κ2) is 44.4. The van der Waals surface area contributed by atoms with E-state index < -0.39 is 297 Å². The first-order valence-electron chi connectivity index (χ1n) is 46.4. The van der Waals surface area contributed by atoms with Gasteiger partial charge in [-0.15, -0.1) is 0 Å². The Bertz CT molecular complexity index is 4540. The summed E-state index contributed by atoms with van der Waals surface area (Å²) < 4.78 is 0. The number of thioether (sulfide) groups is 1. The predicted octanol–water partition coefficient (Wildman–Crippen LogP) is -13.4. The van der Waals surface area contributed by atoms with E-state index in [1.165, 1.54) is 46.1 Å². The van der Waals surface area contributed by atoms with Gasteiger partial charge in [0.15, 0.2) is 0 Å². The summed E-state index contributed by atoms with van der Waals surface area (Å²) in [6.07, 6.45) is -4.61. The molecule has 0 aliphatic carbocycles. The van der Waals surface area contributed by atoms with Crippen molar-refractivity contribution in [1.29, 1.82) is 0 Å². The molecule has 13 rings (SSSR count). The molecule has 0 aromatic rings. The number of carboxylic acids is 1. The third-order valence-electron chi connectivity index (χ3n) is 28.0. The molecule has 0 spiro atoms. The zero-order valence-electron chi connectivity index (χ0n) is 75.1. The van der Waals surface area contributed by atoms with Crippen LogP contribution in [-0.2, 0) is 101 Å². The maximum Gasteiger partial charge on any atom is 0.322 e. The van der Waals surface area contributed by atoms with E-state index in [2.05, 4.69) is 37.2 Å². The van der Waals surface area contributed by atoms with Crippen LogP contribution in [0, 0.1) is 0 Å². The first kappa shape index (κ1) is 101. The van der Waals surface area contributed by atoms with Gasteiger partial charge in [-0.25, -0.2) is 0 Å². The molecule has 51 heteroatoms. The highest BCUT2D eigenvalue weighted by molar-refractivity contribution is 7.98. The van der Waals surface area contributed by atoms with Crippen LogP contribution in [0.5, 0.6) is 0 Å². The molecule has 0 saturated carbocycles. The van der Waals surface area contributed by atoms with Gasteiger partial charge in [0, 0.05) is 130 Å². The summed E-state index contributed by atoms with van der Waals surface area (Å²) in [6, 6.07) is -16.7. The third kappa shape index (κ3) is 22.9. The number of β-amino-alcohol motifs (C(OH)–C–C–N with tert-alkyl or cyclic N) is 7. The molecule has 13 saturated heterocycles. The molecule has 20 amide bonds. The number of hydrogen-bond donors (Lipinski definition) is 16. The lowest BCUT2D eigenvalue weighted by atomic mass is 10.1. The van der Waals surface area contributed by atoms with Crippen LogP contribution < -0.4 is 43.0 Å². The van der Waals surface area contributed by atoms with E-state index in [9.17, 15) is 136 Å². The van der Waals surface area contributed by atoms with Crippen molar-refractivity contribution in [3.63, 3.8) is 0 Å². The van der Waals surface area contributed by atoms with Crippen LogP contribution in [0.15, 0.2) is 0 Å². The number of carbonyl (C=O) groups excluding carboxylic acids is 20. The summed E-state index contributed by atoms with van der Waals surface area (Å²) in [4.78, 5) is 305. The highest BCUT2D eigenvalue weighted by Gasteiger charge is 2.54. The monoisotopic (exact) mass is 1920 g/mol. The Morgan fingerprint density at radius 3 is 0.615 bits per heavy atom. The van der Waals surface area contributed by atoms with Crippen LogP contribution in [0.3, 0.4) is 0 Å². The number of rotatable bonds is 31. The SMILES string of the molecule is CSCC[C@H](N)C(=O)N1C[C@H](O)C[C@H]1C(=O)NCC(=O)N1CCC[C@H]1C(=O)N1C[C@H](O)C[C@H]1C(=O)NCC(=O)N1CCC[C@H]1C(=O)N1C[C@H](O)C[C@H]1C(=O)NCC(=O)N1CCC[C@H]1C(=O)N1C[C@H](O)C[C@H]1C(=O)NCC(=O)N1CCC[C@H]1C(=O)N1C[C@H](O)C[C@H]1C(=O)NCC(=O)N1CCC[C@H]1C(=O)N1C[C@H](O)C[C@H]1C(=O)NCC(=O)N1CCC[C@H]1C(=O)N1C[C@H](O)C[C@H]1C(=O)NCC(=O)O. The number of aliphatic carboxylic acids is 1. The van der Waals surface area contributed by atoms with E-state index in [4.69, 9.17) is 10.8 Å². The molecule has 13 aliphatic rings. The van der Waals surface area contributed by atoms with Gasteiger partial charge in [0.25, 0.3) is 0 Å². The Kier molecular flexibility index (Phi) is 33.3. The standard InChI is InChI=1S/C84H123N21O29S/c1-135-21-14-50(85)78(128)99-36-43(106)22-57(99)71(121)86-29-64(113)93-15-2-8-51(93)79(129)100-37-44(107)23-58(100)72(122)87-30-65(114)94-16-3-9-52(94)80(130)101-38-45(108)24-59(101)73(123)88-31-66(115)95-17-4-10-53(95)81(131)102-39-46(109)25-60(102)74(124)89-32-67(116)96-18-5-11-54(96)82(132)103-40-47(110)26-61(103)75(125)90-33-68(117)97-19-6-12-55(97)83(133)104-41-48(111)27-62(104)76(126)91-34-69(118)98-20-7-13-56(98)84(134)105-42-49(112)28-63(105)77(127)92-35-70(119)120/h43-63,106-112H,2-42,85H2,1H3,(H,86,121)(H,87,122)(H,88,123)(H,89,124)(H,90,125)(H,91,126)(H,92,127)(H,119,120)/t43-,44-,45-,46-,47-,48-,49-,50+,51+,52+,53+,54+,55+,56+,57+,58+,59+,60+,61+,62+,63+/m1/s1. The van der Waals surface area contributed by atoms with E-state index >= 15 is 0 Å². The maximum absolute atomic E-state index is 14.5. The minimum atomic E-state index is -1.36. The number of carbonyl (C=O) groups is 21. The Morgan fingerprint density at radius 1 is 0.267 bits per heavy atom. The van der Waals surface area contributed by atoms with Gasteiger partial charge in [0.05, 0.1) is 88.0 Å². The molecule has 21 atom stereocenters. The summed E-state index contributed by atoms with van der Waals surface area (Å²) >= 11 is 1.49. The summed E-state index contributed by atoms with van der Waals surface area (Å²) in [5.74, 6) is -15.4. The normalized spacial score (nSPS) is 30.2. The molecule has 0 radical (unpaired) electrons. The van der Waals surface area contributed by atoms with Gasteiger partial charge < -0.3 is 148 Å². The number of nitrogens with zero attached hydrogens (tertiary/aromatic N) is 13. The molecular weight excluding hydrogens is 1800 g/mol. The van der Waals surface area contributed by atoms with Gasteiger partial charge in [-0.05, 0) is 95.5 Å². The van der Waals surface area contributed by atoms with Crippen LogP contribution in [0.25, 0.3) is 0 Å². The van der Waals surface area contributed by atoms with Crippen molar-refractivity contribution < 1.29 is 142 Å². The van der Waals surface area contributed by atoms with Crippen LogP contribution in [0.1, 0.15) is 128 Å². The van der Waals surface area contributed by atoms with Crippen molar-refractivity contribution >= 4 is 136 Å². The molecule has 13 fully saturated rings. The zero-order chi connectivity index (χ0) is 97.4. The van der Waals surface area contributed by atoms with Gasteiger partial charge in [0.2, 0.25) is 118 Å². The molecule has 17 N–H and O–H groups in total. The summed E-state index contributed by atoms with van der Waals surface area (Å²) in [5, 5.41) is 101. The number of nitrogens with two attached hydrogens (primary N) is 1. The molecule has 0 aromatic carbocycles. The van der Waals surface area contributed by atoms with E-state index in [1.807, 2.05) is 6.26 Å². The minimum Gasteiger partial charge on any atom is -0.480 e. The summed E-state index contributed by atoms with van der Waals surface area (Å²) in [6.45, 7) is -6.30. The molecule has 13 aliphatic heterocycles. The average Bonchev–Trinajstić information content (AvgIpc) is 1.67. The zero-order valence-corrected chi connectivity index (χ0v) is 75.9. The number of carboxylic acid groups (broad SMARTS) is 1. The molecule has 135 heavy (non-hydrogen) atoms. The minimum absolute atomic E-state index is 0.0276. The van der Waals surface area contributed by atoms with E-state index in [-0.39, 0.29) is 169 Å². The first-order valence-corrected chi connectivity index (χ1v) is 47.8. The third-order valence-corrected chi connectivity index (χ3v) is 28.7. The number of hydrogen-bond acceptors (Lipinski definition) is 30. The van der Waals surface area contributed by atoms with Crippen molar-refractivity contribution in [2.45, 2.75) is 256 Å². The summed E-state index contributed by atoms with van der Waals surface area (Å²) in [7, 11) is 0. The quantitative estimate of drug-likeness (QED) is 0.0306. The lowest BCUT2D eigenvalue weighted by Crippen LogP contribution is -2.57. The number of nitrogens with one attached hydrogen (secondary N) is 7.